The van der Waals surface area contributed by atoms with Crippen LogP contribution in [0.25, 0.3) is 0 Å². The zero-order chi connectivity index (χ0) is 13.9. The SMILES string of the molecule is O=C(CCCc1ccc(Cl)cc1)N[C@@H]1C[C@@H]2OCC[C@@H]21. The second-order valence-corrected chi connectivity index (χ2v) is 6.19. The van der Waals surface area contributed by atoms with Gasteiger partial charge in [-0.3, -0.25) is 4.79 Å². The van der Waals surface area contributed by atoms with Crippen molar-refractivity contribution in [1.29, 1.82) is 0 Å². The largest absolute Gasteiger partial charge is 0.378 e. The van der Waals surface area contributed by atoms with E-state index in [1.165, 1.54) is 5.56 Å². The number of halogens is 1. The Labute approximate surface area is 124 Å². The summed E-state index contributed by atoms with van der Waals surface area (Å²) in [5.74, 6) is 0.740. The van der Waals surface area contributed by atoms with Crippen LogP contribution in [0.2, 0.25) is 5.02 Å². The van der Waals surface area contributed by atoms with Gasteiger partial charge in [0.2, 0.25) is 5.91 Å². The molecule has 3 nitrogen and oxygen atoms in total. The van der Waals surface area contributed by atoms with Gasteiger partial charge in [-0.25, -0.2) is 0 Å². The first kappa shape index (κ1) is 13.9. The summed E-state index contributed by atoms with van der Waals surface area (Å²) < 4.78 is 5.55. The van der Waals surface area contributed by atoms with Crippen LogP contribution >= 0.6 is 11.6 Å². The zero-order valence-electron chi connectivity index (χ0n) is 11.5. The maximum absolute atomic E-state index is 11.9. The Balaban J connectivity index is 1.36. The average molecular weight is 294 g/mol. The van der Waals surface area contributed by atoms with E-state index in [-0.39, 0.29) is 5.91 Å². The first-order valence-corrected chi connectivity index (χ1v) is 7.75. The minimum atomic E-state index is 0.175. The molecule has 1 aromatic rings. The Morgan fingerprint density at radius 2 is 2.15 bits per heavy atom. The lowest BCUT2D eigenvalue weighted by molar-refractivity contribution is -0.124. The molecule has 4 heteroatoms. The number of hydrogen-bond acceptors (Lipinski definition) is 2. The van der Waals surface area contributed by atoms with E-state index >= 15 is 0 Å². The number of amides is 1. The highest BCUT2D eigenvalue weighted by Crippen LogP contribution is 2.38. The van der Waals surface area contributed by atoms with Crippen LogP contribution in [0.15, 0.2) is 24.3 Å². The molecule has 1 heterocycles. The van der Waals surface area contributed by atoms with E-state index in [1.54, 1.807) is 0 Å². The quantitative estimate of drug-likeness (QED) is 0.906. The van der Waals surface area contributed by atoms with Crippen molar-refractivity contribution < 1.29 is 9.53 Å². The maximum atomic E-state index is 11.9. The lowest BCUT2D eigenvalue weighted by atomic mass is 9.76. The van der Waals surface area contributed by atoms with E-state index in [2.05, 4.69) is 5.32 Å². The Kier molecular flexibility index (Phi) is 4.27. The molecule has 20 heavy (non-hydrogen) atoms. The van der Waals surface area contributed by atoms with Crippen LogP contribution in [0.1, 0.15) is 31.2 Å². The fraction of sp³-hybridized carbons (Fsp3) is 0.562. The molecular formula is C16H20ClNO2. The highest BCUT2D eigenvalue weighted by atomic mass is 35.5. The highest BCUT2D eigenvalue weighted by molar-refractivity contribution is 6.30. The van der Waals surface area contributed by atoms with Gasteiger partial charge >= 0.3 is 0 Å². The fourth-order valence-electron chi connectivity index (χ4n) is 3.15. The third-order valence-corrected chi connectivity index (χ3v) is 4.64. The number of carbonyl (C=O) groups excluding carboxylic acids is 1. The summed E-state index contributed by atoms with van der Waals surface area (Å²) in [6.45, 7) is 0.859. The normalized spacial score (nSPS) is 27.8. The molecular weight excluding hydrogens is 274 g/mol. The number of rotatable bonds is 5. The first-order chi connectivity index (χ1) is 9.72. The number of ether oxygens (including phenoxy) is 1. The van der Waals surface area contributed by atoms with Crippen molar-refractivity contribution in [2.24, 2.45) is 5.92 Å². The molecule has 0 aromatic heterocycles. The Hall–Kier alpha value is -1.06. The molecule has 108 valence electrons. The van der Waals surface area contributed by atoms with Gasteiger partial charge in [0.25, 0.3) is 0 Å². The van der Waals surface area contributed by atoms with Gasteiger partial charge in [0.15, 0.2) is 0 Å². The van der Waals surface area contributed by atoms with Crippen LogP contribution in [-0.2, 0) is 16.0 Å². The summed E-state index contributed by atoms with van der Waals surface area (Å²) in [7, 11) is 0. The first-order valence-electron chi connectivity index (χ1n) is 7.38. The van der Waals surface area contributed by atoms with Crippen molar-refractivity contribution in [3.8, 4) is 0 Å². The smallest absolute Gasteiger partial charge is 0.220 e. The lowest BCUT2D eigenvalue weighted by Crippen LogP contribution is -2.53. The highest BCUT2D eigenvalue weighted by Gasteiger charge is 2.45. The van der Waals surface area contributed by atoms with Crippen LogP contribution in [0, 0.1) is 5.92 Å². The molecule has 1 aliphatic heterocycles. The van der Waals surface area contributed by atoms with E-state index in [0.717, 1.165) is 37.3 Å². The second kappa shape index (κ2) is 6.15. The summed E-state index contributed by atoms with van der Waals surface area (Å²) in [4.78, 5) is 11.9. The molecule has 1 amide bonds. The number of hydrogen-bond donors (Lipinski definition) is 1. The van der Waals surface area contributed by atoms with Crippen molar-refractivity contribution in [2.75, 3.05) is 6.61 Å². The summed E-state index contributed by atoms with van der Waals surface area (Å²) in [5, 5.41) is 3.90. The van der Waals surface area contributed by atoms with Gasteiger partial charge in [-0.2, -0.15) is 0 Å². The van der Waals surface area contributed by atoms with E-state index in [1.807, 2.05) is 24.3 Å². The molecule has 0 bridgehead atoms. The summed E-state index contributed by atoms with van der Waals surface area (Å²) in [6, 6.07) is 8.18. The maximum Gasteiger partial charge on any atom is 0.220 e. The fourth-order valence-corrected chi connectivity index (χ4v) is 3.27. The topological polar surface area (TPSA) is 38.3 Å². The van der Waals surface area contributed by atoms with Crippen molar-refractivity contribution in [3.63, 3.8) is 0 Å². The third-order valence-electron chi connectivity index (χ3n) is 4.39. The van der Waals surface area contributed by atoms with Crippen molar-refractivity contribution in [3.05, 3.63) is 34.9 Å². The van der Waals surface area contributed by atoms with E-state index in [0.29, 0.717) is 24.5 Å². The molecule has 1 aromatic carbocycles. The number of nitrogens with one attached hydrogen (secondary N) is 1. The van der Waals surface area contributed by atoms with E-state index in [4.69, 9.17) is 16.3 Å². The van der Waals surface area contributed by atoms with Crippen LogP contribution in [0.5, 0.6) is 0 Å². The van der Waals surface area contributed by atoms with Gasteiger partial charge in [0, 0.05) is 30.0 Å². The van der Waals surface area contributed by atoms with Crippen LogP contribution < -0.4 is 5.32 Å². The lowest BCUT2D eigenvalue weighted by Gasteiger charge is -2.39. The number of fused-ring (bicyclic) bond motifs is 1. The summed E-state index contributed by atoms with van der Waals surface area (Å²) >= 11 is 5.85. The van der Waals surface area contributed by atoms with Gasteiger partial charge < -0.3 is 10.1 Å². The van der Waals surface area contributed by atoms with Gasteiger partial charge in [-0.1, -0.05) is 23.7 Å². The van der Waals surface area contributed by atoms with Crippen molar-refractivity contribution in [2.45, 2.75) is 44.2 Å². The monoisotopic (exact) mass is 293 g/mol. The van der Waals surface area contributed by atoms with Crippen molar-refractivity contribution >= 4 is 17.5 Å². The Bertz CT molecular complexity index is 474. The molecule has 3 atom stereocenters. The zero-order valence-corrected chi connectivity index (χ0v) is 12.2. The minimum Gasteiger partial charge on any atom is -0.378 e. The number of benzene rings is 1. The number of carbonyl (C=O) groups is 1. The van der Waals surface area contributed by atoms with Gasteiger partial charge in [0.1, 0.15) is 0 Å². The Morgan fingerprint density at radius 3 is 2.90 bits per heavy atom. The van der Waals surface area contributed by atoms with Crippen molar-refractivity contribution in [1.82, 2.24) is 5.32 Å². The van der Waals surface area contributed by atoms with E-state index < -0.39 is 0 Å². The molecule has 1 saturated carbocycles. The number of aryl methyl sites for hydroxylation is 1. The molecule has 0 radical (unpaired) electrons. The Morgan fingerprint density at radius 1 is 1.35 bits per heavy atom. The molecule has 0 spiro atoms. The molecule has 1 aliphatic carbocycles. The molecule has 2 fully saturated rings. The molecule has 1 N–H and O–H groups in total. The van der Waals surface area contributed by atoms with Gasteiger partial charge in [-0.05, 0) is 43.4 Å². The molecule has 1 saturated heterocycles. The van der Waals surface area contributed by atoms with E-state index in [9.17, 15) is 4.79 Å². The standard InChI is InChI=1S/C16H20ClNO2/c17-12-6-4-11(5-7-12)2-1-3-16(19)18-14-10-15-13(14)8-9-20-15/h4-7,13-15H,1-3,8-10H2,(H,18,19)/t13-,14-,15+/m1/s1. The van der Waals surface area contributed by atoms with Gasteiger partial charge in [0.05, 0.1) is 6.10 Å². The molecule has 3 rings (SSSR count). The summed E-state index contributed by atoms with van der Waals surface area (Å²) in [6.07, 6.45) is 4.90. The van der Waals surface area contributed by atoms with Gasteiger partial charge in [-0.15, -0.1) is 0 Å². The van der Waals surface area contributed by atoms with Crippen LogP contribution in [-0.4, -0.2) is 24.7 Å². The summed E-state index contributed by atoms with van der Waals surface area (Å²) in [5.41, 5.74) is 1.23. The molecule has 2 aliphatic rings. The average Bonchev–Trinajstić information content (AvgIpc) is 2.80. The predicted octanol–water partition coefficient (Wildman–Crippen LogP) is 2.96. The minimum absolute atomic E-state index is 0.175. The van der Waals surface area contributed by atoms with Crippen LogP contribution in [0.3, 0.4) is 0 Å². The third kappa shape index (κ3) is 3.15. The molecule has 0 unspecified atom stereocenters. The van der Waals surface area contributed by atoms with Crippen LogP contribution in [0.4, 0.5) is 0 Å². The second-order valence-electron chi connectivity index (χ2n) is 5.75. The predicted molar refractivity (Wildman–Crippen MR) is 78.8 cm³/mol.